The summed E-state index contributed by atoms with van der Waals surface area (Å²) in [4.78, 5) is 15.2. The van der Waals surface area contributed by atoms with E-state index < -0.39 is 221 Å². The summed E-state index contributed by atoms with van der Waals surface area (Å²) in [5.74, 6) is -0.545. The van der Waals surface area contributed by atoms with Gasteiger partial charge >= 0.3 is 5.97 Å². The van der Waals surface area contributed by atoms with Gasteiger partial charge in [-0.05, 0) is 116 Å². The molecule has 0 bridgehead atoms. The van der Waals surface area contributed by atoms with Gasteiger partial charge in [-0.3, -0.25) is 4.79 Å². The van der Waals surface area contributed by atoms with Gasteiger partial charge in [0.2, 0.25) is 6.29 Å². The quantitative estimate of drug-likeness (QED) is 0.0421. The summed E-state index contributed by atoms with van der Waals surface area (Å²) in [6.45, 7) is 14.3. The van der Waals surface area contributed by atoms with Crippen molar-refractivity contribution in [2.45, 2.75) is 298 Å². The topological polar surface area (TPSA) is 472 Å². The molecule has 0 aromatic rings. The molecule has 11 aliphatic rings. The lowest BCUT2D eigenvalue weighted by Crippen LogP contribution is -2.67. The number of carbonyl (C=O) groups excluding carboxylic acids is 1. The molecule has 17 N–H and O–H groups in total. The highest BCUT2D eigenvalue weighted by Gasteiger charge is 2.71. The Bertz CT molecular complexity index is 2640. The minimum absolute atomic E-state index is 0.119. The maximum absolute atomic E-state index is 15.2. The summed E-state index contributed by atoms with van der Waals surface area (Å²) in [5, 5.41) is 184. The van der Waals surface area contributed by atoms with E-state index in [1.54, 1.807) is 6.92 Å². The first-order chi connectivity index (χ1) is 44.1. The van der Waals surface area contributed by atoms with Crippen LogP contribution in [-0.4, -0.2) is 304 Å². The highest BCUT2D eigenvalue weighted by Crippen LogP contribution is 2.76. The van der Waals surface area contributed by atoms with Gasteiger partial charge in [0, 0.05) is 0 Å². The molecule has 94 heavy (non-hydrogen) atoms. The third-order valence-corrected chi connectivity index (χ3v) is 24.8. The molecule has 11 rings (SSSR count). The molecule has 6 saturated heterocycles. The number of carbonyl (C=O) groups is 1. The SMILES string of the molecule is CC1OC(O[C@H]2CC[C@@]3(C)C(CC[C@]4(C)C3CC=C3C5CC(C)(C)CC[C@]5(C(=O)OC5OC(CO)C(OC6OCC(OC7OCC(O)C(O)C7O)C(O)C6O)C(O)C5O)CC[C@]34C)C2(C)C)C(O)C(O)C1OC1OC(CO)C(O)C(OC2OC(CO)C(O)C(O)C2O)C1O. The average molecular weight is 1350 g/mol. The Morgan fingerprint density at radius 1 is 0.489 bits per heavy atom. The van der Waals surface area contributed by atoms with E-state index in [9.17, 15) is 86.8 Å². The minimum atomic E-state index is -1.90. The smallest absolute Gasteiger partial charge is 0.315 e. The van der Waals surface area contributed by atoms with Gasteiger partial charge in [0.1, 0.15) is 128 Å². The van der Waals surface area contributed by atoms with E-state index in [-0.39, 0.29) is 46.0 Å². The van der Waals surface area contributed by atoms with E-state index in [4.69, 9.17) is 56.8 Å². The summed E-state index contributed by atoms with van der Waals surface area (Å²) in [7, 11) is 0. The lowest BCUT2D eigenvalue weighted by molar-refractivity contribution is -0.382. The van der Waals surface area contributed by atoms with Crippen LogP contribution in [0.5, 0.6) is 0 Å². The summed E-state index contributed by atoms with van der Waals surface area (Å²) >= 11 is 0. The van der Waals surface area contributed by atoms with Crippen molar-refractivity contribution in [1.29, 1.82) is 0 Å². The second-order valence-corrected chi connectivity index (χ2v) is 31.0. The van der Waals surface area contributed by atoms with Gasteiger partial charge in [0.25, 0.3) is 0 Å². The molecule has 6 aliphatic heterocycles. The van der Waals surface area contributed by atoms with Gasteiger partial charge in [0.15, 0.2) is 31.5 Å². The lowest BCUT2D eigenvalue weighted by atomic mass is 9.33. The molecule has 30 nitrogen and oxygen atoms in total. The molecule has 36 atom stereocenters. The molecular formula is C64H104O30. The van der Waals surface area contributed by atoms with Crippen LogP contribution in [0.15, 0.2) is 11.6 Å². The first kappa shape index (κ1) is 73.3. The minimum Gasteiger partial charge on any atom is -0.432 e. The fraction of sp³-hybridized carbons (Fsp3) is 0.953. The van der Waals surface area contributed by atoms with Crippen molar-refractivity contribution in [3.8, 4) is 0 Å². The number of fused-ring (bicyclic) bond motifs is 7. The summed E-state index contributed by atoms with van der Waals surface area (Å²) in [6, 6.07) is 0. The Morgan fingerprint density at radius 3 is 1.71 bits per heavy atom. The number of hydrogen-bond donors (Lipinski definition) is 17. The predicted molar refractivity (Wildman–Crippen MR) is 315 cm³/mol. The standard InChI is InChI=1S/C64H104O30/c1-25-49(91-57-48(81)51(39(72)30(21-66)87-57)93-55-45(78)40(73)37(70)29(20-65)86-55)41(74)46(79)54(85-25)90-35-12-13-61(6)33(60(35,4)5)11-14-63(8)34(61)10-9-26-27-19-59(2,3)15-17-64(27,18-16-62(26,63)7)58(82)94-56-47(80)42(75)50(31(22-67)88-56)92-53-44(77)38(71)32(24-84-53)89-52-43(76)36(69)28(68)23-83-52/h9,25,27-57,65-81H,10-24H2,1-8H3/t25?,27?,28?,29?,30?,31?,32?,33?,34?,35-,36?,37?,38?,39?,40?,41?,42?,43?,44?,45?,46?,47?,48?,49?,50?,51?,52?,53?,54?,55?,56?,57?,61-,62+,63+,64-/m0/s1. The van der Waals surface area contributed by atoms with Crippen molar-refractivity contribution < 1.29 is 148 Å². The van der Waals surface area contributed by atoms with E-state index in [0.29, 0.717) is 38.5 Å². The van der Waals surface area contributed by atoms with Crippen LogP contribution in [0.2, 0.25) is 0 Å². The average Bonchev–Trinajstić information content (AvgIpc) is 0.676. The third kappa shape index (κ3) is 12.5. The van der Waals surface area contributed by atoms with Crippen LogP contribution in [0.3, 0.4) is 0 Å². The van der Waals surface area contributed by atoms with Crippen LogP contribution in [0.25, 0.3) is 0 Å². The zero-order valence-corrected chi connectivity index (χ0v) is 54.6. The molecule has 0 radical (unpaired) electrons. The molecule has 0 aromatic carbocycles. The zero-order valence-electron chi connectivity index (χ0n) is 54.6. The van der Waals surface area contributed by atoms with Gasteiger partial charge in [-0.2, -0.15) is 0 Å². The molecule has 30 heteroatoms. The number of aliphatic hydroxyl groups excluding tert-OH is 17. The third-order valence-electron chi connectivity index (χ3n) is 24.8. The van der Waals surface area contributed by atoms with Crippen LogP contribution in [-0.2, 0) is 61.6 Å². The van der Waals surface area contributed by atoms with Crippen LogP contribution < -0.4 is 0 Å². The fourth-order valence-electron chi connectivity index (χ4n) is 18.9. The lowest BCUT2D eigenvalue weighted by Gasteiger charge is -2.71. The number of ether oxygens (including phenoxy) is 12. The van der Waals surface area contributed by atoms with Gasteiger partial charge in [-0.15, -0.1) is 0 Å². The molecule has 6 heterocycles. The highest BCUT2D eigenvalue weighted by atomic mass is 16.8. The van der Waals surface area contributed by atoms with Crippen LogP contribution in [0, 0.1) is 50.2 Å². The van der Waals surface area contributed by atoms with Crippen molar-refractivity contribution >= 4 is 5.97 Å². The molecule has 0 aromatic heterocycles. The summed E-state index contributed by atoms with van der Waals surface area (Å²) in [6.07, 6.45) is -36.9. The molecule has 0 spiro atoms. The van der Waals surface area contributed by atoms with Crippen molar-refractivity contribution in [3.05, 3.63) is 11.6 Å². The molecule has 540 valence electrons. The maximum atomic E-state index is 15.2. The summed E-state index contributed by atoms with van der Waals surface area (Å²) < 4.78 is 70.7. The van der Waals surface area contributed by atoms with Crippen molar-refractivity contribution in [2.24, 2.45) is 50.2 Å². The second-order valence-electron chi connectivity index (χ2n) is 31.0. The van der Waals surface area contributed by atoms with Crippen LogP contribution in [0.4, 0.5) is 0 Å². The van der Waals surface area contributed by atoms with E-state index in [1.807, 2.05) is 0 Å². The molecule has 0 amide bonds. The number of rotatable bonds is 15. The number of aliphatic hydroxyl groups is 17. The second kappa shape index (κ2) is 27.5. The highest BCUT2D eigenvalue weighted by molar-refractivity contribution is 5.79. The molecule has 31 unspecified atom stereocenters. The van der Waals surface area contributed by atoms with Gasteiger partial charge in [-0.25, -0.2) is 0 Å². The number of esters is 1. The van der Waals surface area contributed by atoms with E-state index in [1.165, 1.54) is 5.57 Å². The summed E-state index contributed by atoms with van der Waals surface area (Å²) in [5.41, 5.74) is -1.31. The first-order valence-electron chi connectivity index (χ1n) is 33.5. The van der Waals surface area contributed by atoms with E-state index in [2.05, 4.69) is 54.5 Å². The molecule has 10 fully saturated rings. The zero-order chi connectivity index (χ0) is 68.4. The normalized spacial score (nSPS) is 54.2. The Morgan fingerprint density at radius 2 is 1.03 bits per heavy atom. The Balaban J connectivity index is 0.736. The van der Waals surface area contributed by atoms with Crippen LogP contribution >= 0.6 is 0 Å². The Labute approximate surface area is 545 Å². The Hall–Kier alpha value is -1.91. The Kier molecular flexibility index (Phi) is 21.4. The van der Waals surface area contributed by atoms with Crippen molar-refractivity contribution in [3.63, 3.8) is 0 Å². The van der Waals surface area contributed by atoms with Gasteiger partial charge in [0.05, 0.1) is 50.7 Å². The van der Waals surface area contributed by atoms with E-state index in [0.717, 1.165) is 25.7 Å². The van der Waals surface area contributed by atoms with Crippen molar-refractivity contribution in [2.75, 3.05) is 33.0 Å². The maximum Gasteiger partial charge on any atom is 0.315 e. The number of hydrogen-bond acceptors (Lipinski definition) is 30. The predicted octanol–water partition coefficient (Wildman–Crippen LogP) is -4.08. The number of allylic oxidation sites excluding steroid dienone is 2. The largest absolute Gasteiger partial charge is 0.432 e. The van der Waals surface area contributed by atoms with Gasteiger partial charge < -0.3 is 144 Å². The van der Waals surface area contributed by atoms with Crippen molar-refractivity contribution in [1.82, 2.24) is 0 Å². The monoisotopic (exact) mass is 1350 g/mol. The molecule has 4 saturated carbocycles. The first-order valence-corrected chi connectivity index (χ1v) is 33.5. The fourth-order valence-corrected chi connectivity index (χ4v) is 18.9. The van der Waals surface area contributed by atoms with Crippen LogP contribution in [0.1, 0.15) is 120 Å². The molecule has 5 aliphatic carbocycles. The molecular weight excluding hydrogens is 1250 g/mol. The van der Waals surface area contributed by atoms with E-state index >= 15 is 4.79 Å². The van der Waals surface area contributed by atoms with Gasteiger partial charge in [-0.1, -0.05) is 60.1 Å².